The van der Waals surface area contributed by atoms with Gasteiger partial charge in [0.25, 0.3) is 0 Å². The summed E-state index contributed by atoms with van der Waals surface area (Å²) in [6.07, 6.45) is 2.61. The molecule has 1 saturated heterocycles. The van der Waals surface area contributed by atoms with E-state index in [1.165, 1.54) is 25.9 Å². The van der Waals surface area contributed by atoms with Gasteiger partial charge in [-0.05, 0) is 44.6 Å². The summed E-state index contributed by atoms with van der Waals surface area (Å²) in [5.74, 6) is -0.00799. The van der Waals surface area contributed by atoms with E-state index in [9.17, 15) is 4.79 Å². The van der Waals surface area contributed by atoms with Crippen LogP contribution < -0.4 is 5.32 Å². The van der Waals surface area contributed by atoms with Gasteiger partial charge in [0.15, 0.2) is 0 Å². The van der Waals surface area contributed by atoms with Gasteiger partial charge in [-0.1, -0.05) is 30.7 Å². The van der Waals surface area contributed by atoms with Gasteiger partial charge in [-0.15, -0.1) is 24.8 Å². The minimum Gasteiger partial charge on any atom is -0.324 e. The van der Waals surface area contributed by atoms with E-state index in [4.69, 9.17) is 11.6 Å². The number of para-hydroxylation sites is 1. The Morgan fingerprint density at radius 3 is 2.52 bits per heavy atom. The van der Waals surface area contributed by atoms with Crippen LogP contribution in [0.15, 0.2) is 24.3 Å². The highest BCUT2D eigenvalue weighted by molar-refractivity contribution is 6.33. The van der Waals surface area contributed by atoms with E-state index in [2.05, 4.69) is 22.0 Å². The van der Waals surface area contributed by atoms with Crippen molar-refractivity contribution < 1.29 is 4.79 Å². The summed E-state index contributed by atoms with van der Waals surface area (Å²) in [4.78, 5) is 16.7. The predicted molar refractivity (Wildman–Crippen MR) is 102 cm³/mol. The van der Waals surface area contributed by atoms with Crippen molar-refractivity contribution in [2.24, 2.45) is 0 Å². The standard InChI is InChI=1S/C16H24ClN3O.2ClH/c1-2-19(11-12-20-9-5-6-10-20)13-16(21)18-15-8-4-3-7-14(15)17;;/h3-4,7-8H,2,5-6,9-13H2,1H3,(H,18,21);2*1H. The van der Waals surface area contributed by atoms with Gasteiger partial charge < -0.3 is 10.2 Å². The number of amides is 1. The topological polar surface area (TPSA) is 35.6 Å². The van der Waals surface area contributed by atoms with Crippen LogP contribution in [0, 0.1) is 0 Å². The van der Waals surface area contributed by atoms with E-state index < -0.39 is 0 Å². The fraction of sp³-hybridized carbons (Fsp3) is 0.562. The SMILES string of the molecule is CCN(CCN1CCCC1)CC(=O)Nc1ccccc1Cl.Cl.Cl. The molecule has 1 aliphatic rings. The summed E-state index contributed by atoms with van der Waals surface area (Å²) in [5.41, 5.74) is 0.680. The highest BCUT2D eigenvalue weighted by atomic mass is 35.5. The van der Waals surface area contributed by atoms with Gasteiger partial charge in [-0.2, -0.15) is 0 Å². The molecule has 0 spiro atoms. The molecule has 0 atom stereocenters. The highest BCUT2D eigenvalue weighted by Gasteiger charge is 2.14. The third-order valence-corrected chi connectivity index (χ3v) is 4.22. The number of hydrogen-bond donors (Lipinski definition) is 1. The average molecular weight is 383 g/mol. The van der Waals surface area contributed by atoms with Gasteiger partial charge in [0.2, 0.25) is 5.91 Å². The molecule has 1 heterocycles. The number of carbonyl (C=O) groups is 1. The van der Waals surface area contributed by atoms with Crippen molar-refractivity contribution in [1.29, 1.82) is 0 Å². The second kappa shape index (κ2) is 11.9. The molecule has 0 aromatic heterocycles. The molecule has 2 rings (SSSR count). The second-order valence-electron chi connectivity index (χ2n) is 5.45. The Bertz CT molecular complexity index is 468. The van der Waals surface area contributed by atoms with Crippen LogP contribution in [-0.2, 0) is 4.79 Å². The van der Waals surface area contributed by atoms with E-state index in [0.717, 1.165) is 19.6 Å². The Hall–Kier alpha value is -0.520. The molecule has 4 nitrogen and oxygen atoms in total. The molecule has 0 saturated carbocycles. The lowest BCUT2D eigenvalue weighted by molar-refractivity contribution is -0.117. The van der Waals surface area contributed by atoms with Gasteiger partial charge in [-0.25, -0.2) is 0 Å². The van der Waals surface area contributed by atoms with E-state index in [-0.39, 0.29) is 30.7 Å². The van der Waals surface area contributed by atoms with Crippen molar-refractivity contribution in [1.82, 2.24) is 9.80 Å². The zero-order valence-corrected chi connectivity index (χ0v) is 15.9. The number of halogens is 3. The fourth-order valence-corrected chi connectivity index (χ4v) is 2.78. The molecular formula is C16H26Cl3N3O. The molecule has 0 bridgehead atoms. The summed E-state index contributed by atoms with van der Waals surface area (Å²) in [5, 5.41) is 3.45. The molecular weight excluding hydrogens is 357 g/mol. The number of nitrogens with zero attached hydrogens (tertiary/aromatic N) is 2. The van der Waals surface area contributed by atoms with Crippen molar-refractivity contribution in [2.75, 3.05) is 44.6 Å². The Morgan fingerprint density at radius 1 is 1.26 bits per heavy atom. The molecule has 1 N–H and O–H groups in total. The summed E-state index contributed by atoms with van der Waals surface area (Å²) in [6, 6.07) is 7.32. The van der Waals surface area contributed by atoms with Crippen LogP contribution in [0.1, 0.15) is 19.8 Å². The number of nitrogens with one attached hydrogen (secondary N) is 1. The monoisotopic (exact) mass is 381 g/mol. The van der Waals surface area contributed by atoms with Crippen LogP contribution in [0.2, 0.25) is 5.02 Å². The maximum atomic E-state index is 12.1. The van der Waals surface area contributed by atoms with Crippen LogP contribution in [-0.4, -0.2) is 55.0 Å². The maximum Gasteiger partial charge on any atom is 0.238 e. The molecule has 0 unspecified atom stereocenters. The number of anilines is 1. The number of rotatable bonds is 7. The van der Waals surface area contributed by atoms with Crippen molar-refractivity contribution in [3.63, 3.8) is 0 Å². The fourth-order valence-electron chi connectivity index (χ4n) is 2.59. The zero-order chi connectivity index (χ0) is 15.1. The number of likely N-dealkylation sites (N-methyl/N-ethyl adjacent to an activating group) is 1. The Morgan fingerprint density at radius 2 is 1.91 bits per heavy atom. The highest BCUT2D eigenvalue weighted by Crippen LogP contribution is 2.20. The molecule has 132 valence electrons. The smallest absolute Gasteiger partial charge is 0.238 e. The largest absolute Gasteiger partial charge is 0.324 e. The van der Waals surface area contributed by atoms with Gasteiger partial charge >= 0.3 is 0 Å². The van der Waals surface area contributed by atoms with E-state index >= 15 is 0 Å². The quantitative estimate of drug-likeness (QED) is 0.783. The lowest BCUT2D eigenvalue weighted by atomic mass is 10.3. The zero-order valence-electron chi connectivity index (χ0n) is 13.5. The van der Waals surface area contributed by atoms with Crippen LogP contribution in [0.25, 0.3) is 0 Å². The summed E-state index contributed by atoms with van der Waals surface area (Å²) < 4.78 is 0. The normalized spacial score (nSPS) is 14.2. The molecule has 0 aliphatic carbocycles. The number of benzene rings is 1. The summed E-state index contributed by atoms with van der Waals surface area (Å²) in [6.45, 7) is 7.76. The first-order valence-electron chi connectivity index (χ1n) is 7.68. The summed E-state index contributed by atoms with van der Waals surface area (Å²) >= 11 is 6.05. The molecule has 1 aromatic carbocycles. The second-order valence-corrected chi connectivity index (χ2v) is 5.85. The summed E-state index contributed by atoms with van der Waals surface area (Å²) in [7, 11) is 0. The molecule has 23 heavy (non-hydrogen) atoms. The number of carbonyl (C=O) groups excluding carboxylic acids is 1. The molecule has 1 aromatic rings. The first-order valence-corrected chi connectivity index (χ1v) is 8.06. The number of likely N-dealkylation sites (tertiary alicyclic amines) is 1. The van der Waals surface area contributed by atoms with Crippen LogP contribution in [0.5, 0.6) is 0 Å². The minimum absolute atomic E-state index is 0. The van der Waals surface area contributed by atoms with Crippen LogP contribution >= 0.6 is 36.4 Å². The lowest BCUT2D eigenvalue weighted by Crippen LogP contribution is -2.38. The molecule has 1 amide bonds. The number of hydrogen-bond acceptors (Lipinski definition) is 3. The minimum atomic E-state index is -0.00799. The maximum absolute atomic E-state index is 12.1. The average Bonchev–Trinajstić information content (AvgIpc) is 2.99. The van der Waals surface area contributed by atoms with Crippen LogP contribution in [0.3, 0.4) is 0 Å². The van der Waals surface area contributed by atoms with Crippen molar-refractivity contribution in [2.45, 2.75) is 19.8 Å². The van der Waals surface area contributed by atoms with Gasteiger partial charge in [-0.3, -0.25) is 9.69 Å². The predicted octanol–water partition coefficient (Wildman–Crippen LogP) is 3.54. The van der Waals surface area contributed by atoms with Crippen LogP contribution in [0.4, 0.5) is 5.69 Å². The Kier molecular flexibility index (Phi) is 11.7. The molecule has 0 radical (unpaired) electrons. The van der Waals surface area contributed by atoms with Gasteiger partial charge in [0, 0.05) is 13.1 Å². The van der Waals surface area contributed by atoms with E-state index in [1.54, 1.807) is 6.07 Å². The van der Waals surface area contributed by atoms with Crippen molar-refractivity contribution in [3.05, 3.63) is 29.3 Å². The molecule has 7 heteroatoms. The van der Waals surface area contributed by atoms with Gasteiger partial charge in [0.1, 0.15) is 0 Å². The van der Waals surface area contributed by atoms with Crippen molar-refractivity contribution >= 4 is 48.0 Å². The van der Waals surface area contributed by atoms with E-state index in [0.29, 0.717) is 17.3 Å². The lowest BCUT2D eigenvalue weighted by Gasteiger charge is -2.23. The first kappa shape index (κ1) is 22.5. The first-order chi connectivity index (χ1) is 10.2. The Balaban J connectivity index is 0.00000242. The van der Waals surface area contributed by atoms with Gasteiger partial charge in [0.05, 0.1) is 17.3 Å². The van der Waals surface area contributed by atoms with E-state index in [1.807, 2.05) is 18.2 Å². The molecule has 1 aliphatic heterocycles. The Labute approximate surface area is 156 Å². The molecule has 1 fully saturated rings. The van der Waals surface area contributed by atoms with Crippen molar-refractivity contribution in [3.8, 4) is 0 Å². The third kappa shape index (κ3) is 7.73. The third-order valence-electron chi connectivity index (χ3n) is 3.89.